The maximum Gasteiger partial charge on any atom is 0.337 e. The highest BCUT2D eigenvalue weighted by atomic mass is 16.7. The van der Waals surface area contributed by atoms with Crippen LogP contribution in [0.15, 0.2) is 30.3 Å². The van der Waals surface area contributed by atoms with Crippen LogP contribution in [0.1, 0.15) is 10.4 Å². The van der Waals surface area contributed by atoms with Crippen LogP contribution < -0.4 is 9.47 Å². The predicted octanol–water partition coefficient (Wildman–Crippen LogP) is 2.36. The molecule has 0 bridgehead atoms. The lowest BCUT2D eigenvalue weighted by molar-refractivity contribution is 0.0601. The van der Waals surface area contributed by atoms with Crippen LogP contribution in [-0.2, 0) is 4.74 Å². The van der Waals surface area contributed by atoms with Gasteiger partial charge in [0.05, 0.1) is 12.7 Å². The fourth-order valence-electron chi connectivity index (χ4n) is 1.88. The fourth-order valence-corrected chi connectivity index (χ4v) is 1.88. The van der Waals surface area contributed by atoms with Crippen molar-refractivity contribution in [2.24, 2.45) is 0 Å². The highest BCUT2D eigenvalue weighted by molar-refractivity contribution is 5.96. The lowest BCUT2D eigenvalue weighted by Gasteiger charge is -2.03. The molecule has 0 saturated heterocycles. The SMILES string of the molecule is COC(=O)c1ccc2cc3c(cc2c1)OCO3. The number of ether oxygens (including phenoxy) is 3. The second-order valence-corrected chi connectivity index (χ2v) is 3.76. The highest BCUT2D eigenvalue weighted by Gasteiger charge is 2.15. The molecule has 4 nitrogen and oxygen atoms in total. The van der Waals surface area contributed by atoms with Crippen molar-refractivity contribution in [3.63, 3.8) is 0 Å². The number of hydrogen-bond donors (Lipinski definition) is 0. The molecular weight excluding hydrogens is 220 g/mol. The van der Waals surface area contributed by atoms with E-state index in [1.807, 2.05) is 18.2 Å². The van der Waals surface area contributed by atoms with Crippen molar-refractivity contribution in [1.82, 2.24) is 0 Å². The Hall–Kier alpha value is -2.23. The number of fused-ring (bicyclic) bond motifs is 2. The maximum atomic E-state index is 11.4. The minimum Gasteiger partial charge on any atom is -0.465 e. The van der Waals surface area contributed by atoms with E-state index >= 15 is 0 Å². The number of methoxy groups -OCH3 is 1. The molecule has 0 atom stereocenters. The lowest BCUT2D eigenvalue weighted by Crippen LogP contribution is -2.00. The van der Waals surface area contributed by atoms with E-state index < -0.39 is 0 Å². The van der Waals surface area contributed by atoms with Gasteiger partial charge in [0, 0.05) is 0 Å². The largest absolute Gasteiger partial charge is 0.465 e. The molecule has 4 heteroatoms. The zero-order valence-electron chi connectivity index (χ0n) is 9.23. The third-order valence-electron chi connectivity index (χ3n) is 2.75. The third-order valence-corrected chi connectivity index (χ3v) is 2.75. The molecule has 0 amide bonds. The minimum absolute atomic E-state index is 0.246. The molecule has 2 aromatic carbocycles. The van der Waals surface area contributed by atoms with E-state index in [4.69, 9.17) is 9.47 Å². The zero-order chi connectivity index (χ0) is 11.8. The normalized spacial score (nSPS) is 12.8. The lowest BCUT2D eigenvalue weighted by atomic mass is 10.1. The summed E-state index contributed by atoms with van der Waals surface area (Å²) in [5, 5.41) is 1.93. The van der Waals surface area contributed by atoms with Crippen LogP contribution in [0, 0.1) is 0 Å². The van der Waals surface area contributed by atoms with Gasteiger partial charge in [-0.3, -0.25) is 0 Å². The highest BCUT2D eigenvalue weighted by Crippen LogP contribution is 2.36. The number of esters is 1. The number of carbonyl (C=O) groups excluding carboxylic acids is 1. The first-order valence-electron chi connectivity index (χ1n) is 5.19. The Kier molecular flexibility index (Phi) is 2.14. The van der Waals surface area contributed by atoms with E-state index in [0.717, 1.165) is 16.5 Å². The van der Waals surface area contributed by atoms with E-state index in [2.05, 4.69) is 4.74 Å². The van der Waals surface area contributed by atoms with Gasteiger partial charge < -0.3 is 14.2 Å². The summed E-state index contributed by atoms with van der Waals surface area (Å²) in [6, 6.07) is 9.14. The molecule has 0 aliphatic carbocycles. The molecule has 86 valence electrons. The second kappa shape index (κ2) is 3.66. The minimum atomic E-state index is -0.343. The summed E-state index contributed by atoms with van der Waals surface area (Å²) in [5.74, 6) is 1.10. The molecule has 1 aliphatic heterocycles. The summed E-state index contributed by atoms with van der Waals surface area (Å²) < 4.78 is 15.3. The summed E-state index contributed by atoms with van der Waals surface area (Å²) >= 11 is 0. The maximum absolute atomic E-state index is 11.4. The average molecular weight is 230 g/mol. The van der Waals surface area contributed by atoms with E-state index in [0.29, 0.717) is 11.3 Å². The molecule has 0 fully saturated rings. The number of benzene rings is 2. The van der Waals surface area contributed by atoms with Crippen molar-refractivity contribution in [2.45, 2.75) is 0 Å². The van der Waals surface area contributed by atoms with Gasteiger partial charge >= 0.3 is 5.97 Å². The van der Waals surface area contributed by atoms with Gasteiger partial charge in [0.2, 0.25) is 6.79 Å². The molecule has 0 aromatic heterocycles. The molecule has 1 aliphatic rings. The van der Waals surface area contributed by atoms with Gasteiger partial charge in [0.15, 0.2) is 11.5 Å². The Balaban J connectivity index is 2.16. The van der Waals surface area contributed by atoms with Gasteiger partial charge in [-0.05, 0) is 35.0 Å². The van der Waals surface area contributed by atoms with E-state index in [-0.39, 0.29) is 12.8 Å². The summed E-state index contributed by atoms with van der Waals surface area (Å²) in [5.41, 5.74) is 0.527. The molecule has 17 heavy (non-hydrogen) atoms. The summed E-state index contributed by atoms with van der Waals surface area (Å²) in [7, 11) is 1.37. The third kappa shape index (κ3) is 1.58. The summed E-state index contributed by atoms with van der Waals surface area (Å²) in [6.07, 6.45) is 0. The average Bonchev–Trinajstić information content (AvgIpc) is 2.81. The van der Waals surface area contributed by atoms with Crippen LogP contribution in [0.3, 0.4) is 0 Å². The Morgan fingerprint density at radius 1 is 1.12 bits per heavy atom. The molecule has 2 aromatic rings. The van der Waals surface area contributed by atoms with Crippen molar-refractivity contribution in [2.75, 3.05) is 13.9 Å². The Labute approximate surface area is 97.7 Å². The van der Waals surface area contributed by atoms with Crippen molar-refractivity contribution < 1.29 is 19.0 Å². The molecule has 3 rings (SSSR count). The van der Waals surface area contributed by atoms with Crippen LogP contribution in [-0.4, -0.2) is 19.9 Å². The Morgan fingerprint density at radius 2 is 1.82 bits per heavy atom. The smallest absolute Gasteiger partial charge is 0.337 e. The first kappa shape index (κ1) is 9.96. The van der Waals surface area contributed by atoms with Crippen molar-refractivity contribution in [3.05, 3.63) is 35.9 Å². The van der Waals surface area contributed by atoms with Crippen LogP contribution in [0.25, 0.3) is 10.8 Å². The summed E-state index contributed by atoms with van der Waals surface area (Å²) in [6.45, 7) is 0.246. The van der Waals surface area contributed by atoms with Crippen LogP contribution in [0.2, 0.25) is 0 Å². The molecule has 0 radical (unpaired) electrons. The van der Waals surface area contributed by atoms with E-state index in [1.165, 1.54) is 7.11 Å². The fraction of sp³-hybridized carbons (Fsp3) is 0.154. The topological polar surface area (TPSA) is 44.8 Å². The predicted molar refractivity (Wildman–Crippen MR) is 61.4 cm³/mol. The summed E-state index contributed by atoms with van der Waals surface area (Å²) in [4.78, 5) is 11.4. The number of hydrogen-bond acceptors (Lipinski definition) is 4. The van der Waals surface area contributed by atoms with Crippen molar-refractivity contribution in [1.29, 1.82) is 0 Å². The zero-order valence-corrected chi connectivity index (χ0v) is 9.23. The van der Waals surface area contributed by atoms with Gasteiger partial charge in [0.25, 0.3) is 0 Å². The standard InChI is InChI=1S/C13H10O4/c1-15-13(14)9-3-2-8-5-11-12(17-7-16-11)6-10(8)4-9/h2-6H,7H2,1H3. The second-order valence-electron chi connectivity index (χ2n) is 3.76. The van der Waals surface area contributed by atoms with Gasteiger partial charge in [-0.25, -0.2) is 4.79 Å². The molecule has 1 heterocycles. The van der Waals surface area contributed by atoms with Gasteiger partial charge in [-0.15, -0.1) is 0 Å². The molecule has 0 N–H and O–H groups in total. The molecule has 0 spiro atoms. The van der Waals surface area contributed by atoms with Gasteiger partial charge in [-0.2, -0.15) is 0 Å². The van der Waals surface area contributed by atoms with Gasteiger partial charge in [-0.1, -0.05) is 6.07 Å². The van der Waals surface area contributed by atoms with E-state index in [9.17, 15) is 4.79 Å². The van der Waals surface area contributed by atoms with Gasteiger partial charge in [0.1, 0.15) is 0 Å². The Bertz CT molecular complexity index is 604. The molecule has 0 saturated carbocycles. The van der Waals surface area contributed by atoms with Crippen LogP contribution in [0.5, 0.6) is 11.5 Å². The first-order chi connectivity index (χ1) is 8.28. The van der Waals surface area contributed by atoms with E-state index in [1.54, 1.807) is 12.1 Å². The van der Waals surface area contributed by atoms with Crippen LogP contribution in [0.4, 0.5) is 0 Å². The molecule has 0 unspecified atom stereocenters. The number of carbonyl (C=O) groups is 1. The quantitative estimate of drug-likeness (QED) is 0.705. The Morgan fingerprint density at radius 3 is 2.53 bits per heavy atom. The first-order valence-corrected chi connectivity index (χ1v) is 5.19. The van der Waals surface area contributed by atoms with Crippen molar-refractivity contribution in [3.8, 4) is 11.5 Å². The van der Waals surface area contributed by atoms with Crippen molar-refractivity contribution >= 4 is 16.7 Å². The number of rotatable bonds is 1. The molecular formula is C13H10O4. The monoisotopic (exact) mass is 230 g/mol. The van der Waals surface area contributed by atoms with Crippen LogP contribution >= 0.6 is 0 Å².